The molecule has 0 N–H and O–H groups in total. The average Bonchev–Trinajstić information content (AvgIpc) is 3.20. The van der Waals surface area contributed by atoms with Crippen molar-refractivity contribution in [1.29, 1.82) is 0 Å². The molecule has 3 heterocycles. The van der Waals surface area contributed by atoms with Gasteiger partial charge in [-0.15, -0.1) is 0 Å². The minimum absolute atomic E-state index is 0.0638. The number of benzene rings is 2. The van der Waals surface area contributed by atoms with Crippen molar-refractivity contribution < 1.29 is 4.79 Å². The average molecular weight is 404 g/mol. The maximum Gasteiger partial charge on any atom is 0.330 e. The van der Waals surface area contributed by atoms with E-state index in [0.29, 0.717) is 0 Å². The molecule has 0 spiro atoms. The lowest BCUT2D eigenvalue weighted by Crippen LogP contribution is -2.48. The first-order chi connectivity index (χ1) is 14.7. The molecule has 2 aromatic carbocycles. The lowest BCUT2D eigenvalue weighted by atomic mass is 10.0. The van der Waals surface area contributed by atoms with E-state index in [-0.39, 0.29) is 11.9 Å². The highest BCUT2D eigenvalue weighted by Crippen LogP contribution is 2.30. The fraction of sp³-hybridized carbons (Fsp3) is 0.417. The van der Waals surface area contributed by atoms with Crippen LogP contribution in [0.5, 0.6) is 0 Å². The molecule has 2 aliphatic heterocycles. The Hall–Kier alpha value is -2.86. The van der Waals surface area contributed by atoms with Gasteiger partial charge in [-0.25, -0.2) is 14.3 Å². The van der Waals surface area contributed by atoms with Crippen LogP contribution >= 0.6 is 0 Å². The van der Waals surface area contributed by atoms with E-state index in [9.17, 15) is 4.79 Å². The van der Waals surface area contributed by atoms with Gasteiger partial charge in [0.05, 0.1) is 11.0 Å². The number of carbonyl (C=O) groups is 1. The second-order valence-electron chi connectivity index (χ2n) is 8.27. The number of anilines is 1. The van der Waals surface area contributed by atoms with Crippen LogP contribution in [0.3, 0.4) is 0 Å². The normalized spacial score (nSPS) is 20.0. The molecular weight excluding hydrogens is 374 g/mol. The molecule has 30 heavy (non-hydrogen) atoms. The summed E-state index contributed by atoms with van der Waals surface area (Å²) in [6, 6.07) is 18.7. The second kappa shape index (κ2) is 8.11. The summed E-state index contributed by atoms with van der Waals surface area (Å²) in [5.74, 6) is 1.22. The zero-order chi connectivity index (χ0) is 20.5. The zero-order valence-electron chi connectivity index (χ0n) is 17.6. The van der Waals surface area contributed by atoms with Crippen LogP contribution in [0, 0.1) is 0 Å². The molecule has 1 fully saturated rings. The van der Waals surface area contributed by atoms with E-state index in [1.54, 1.807) is 0 Å². The largest absolute Gasteiger partial charge is 0.369 e. The predicted octanol–water partition coefficient (Wildman–Crippen LogP) is 3.64. The number of amides is 1. The van der Waals surface area contributed by atoms with E-state index in [2.05, 4.69) is 47.1 Å². The lowest BCUT2D eigenvalue weighted by molar-refractivity contribution is 0.180. The number of rotatable bonds is 5. The van der Waals surface area contributed by atoms with Crippen LogP contribution in [0.15, 0.2) is 54.6 Å². The smallest absolute Gasteiger partial charge is 0.330 e. The maximum atomic E-state index is 13.0. The van der Waals surface area contributed by atoms with Crippen molar-refractivity contribution in [1.82, 2.24) is 19.4 Å². The topological polar surface area (TPSA) is 44.6 Å². The first-order valence-electron chi connectivity index (χ1n) is 11.0. The number of para-hydroxylation sites is 3. The molecule has 6 heteroatoms. The van der Waals surface area contributed by atoms with Crippen LogP contribution in [0.25, 0.3) is 11.0 Å². The third-order valence-electron chi connectivity index (χ3n) is 6.52. The maximum absolute atomic E-state index is 13.0. The molecule has 6 nitrogen and oxygen atoms in total. The summed E-state index contributed by atoms with van der Waals surface area (Å²) in [7, 11) is 0. The number of fused-ring (bicyclic) bond motifs is 3. The highest BCUT2D eigenvalue weighted by atomic mass is 16.2. The number of hydrogen-bond donors (Lipinski definition) is 0. The summed E-state index contributed by atoms with van der Waals surface area (Å²) in [6.07, 6.45) is 1.03. The number of likely N-dealkylation sites (N-methyl/N-ethyl adjacent to an activating group) is 1. The molecule has 0 radical (unpaired) electrons. The molecule has 1 aromatic heterocycles. The Balaban J connectivity index is 1.28. The SMILES string of the molecule is CCN1CC(CCN2CCN(c3ccccc3)CC2)c2nc3ccccc3n2C1=O. The Kier molecular flexibility index (Phi) is 5.17. The molecule has 2 aliphatic rings. The number of aromatic nitrogens is 2. The summed E-state index contributed by atoms with van der Waals surface area (Å²) in [4.78, 5) is 24.8. The Morgan fingerprint density at radius 3 is 2.47 bits per heavy atom. The number of piperazine rings is 1. The van der Waals surface area contributed by atoms with Gasteiger partial charge in [-0.3, -0.25) is 4.90 Å². The number of carbonyl (C=O) groups excluding carboxylic acids is 1. The van der Waals surface area contributed by atoms with Crippen molar-refractivity contribution in [3.05, 3.63) is 60.4 Å². The van der Waals surface area contributed by atoms with Crippen LogP contribution in [0.2, 0.25) is 0 Å². The summed E-state index contributed by atoms with van der Waals surface area (Å²) in [5, 5.41) is 0. The van der Waals surface area contributed by atoms with Crippen molar-refractivity contribution in [2.75, 3.05) is 50.7 Å². The monoisotopic (exact) mass is 403 g/mol. The fourth-order valence-corrected chi connectivity index (χ4v) is 4.78. The van der Waals surface area contributed by atoms with Crippen molar-refractivity contribution in [2.45, 2.75) is 19.3 Å². The van der Waals surface area contributed by atoms with Gasteiger partial charge in [0, 0.05) is 50.9 Å². The van der Waals surface area contributed by atoms with Crippen LogP contribution in [0.4, 0.5) is 10.5 Å². The number of nitrogens with zero attached hydrogens (tertiary/aromatic N) is 5. The standard InChI is InChI=1S/C24H29N5O/c1-2-27-18-19(23-25-21-10-6-7-11-22(21)29(23)24(27)30)12-13-26-14-16-28(17-15-26)20-8-4-3-5-9-20/h3-11,19H,2,12-18H2,1H3. The summed E-state index contributed by atoms with van der Waals surface area (Å²) < 4.78 is 1.85. The van der Waals surface area contributed by atoms with Crippen molar-refractivity contribution in [2.24, 2.45) is 0 Å². The van der Waals surface area contributed by atoms with Gasteiger partial charge >= 0.3 is 6.03 Å². The van der Waals surface area contributed by atoms with E-state index < -0.39 is 0 Å². The Labute approximate surface area is 177 Å². The third-order valence-corrected chi connectivity index (χ3v) is 6.52. The molecule has 156 valence electrons. The second-order valence-corrected chi connectivity index (χ2v) is 8.27. The zero-order valence-corrected chi connectivity index (χ0v) is 17.6. The first kappa shape index (κ1) is 19.1. The van der Waals surface area contributed by atoms with Gasteiger partial charge in [0.2, 0.25) is 0 Å². The Morgan fingerprint density at radius 2 is 1.70 bits per heavy atom. The molecular formula is C24H29N5O. The molecule has 1 unspecified atom stereocenters. The quantitative estimate of drug-likeness (QED) is 0.653. The minimum Gasteiger partial charge on any atom is -0.369 e. The Morgan fingerprint density at radius 1 is 0.967 bits per heavy atom. The van der Waals surface area contributed by atoms with Crippen LogP contribution < -0.4 is 4.90 Å². The van der Waals surface area contributed by atoms with Crippen molar-refractivity contribution in [3.63, 3.8) is 0 Å². The third kappa shape index (κ3) is 3.45. The molecule has 5 rings (SSSR count). The minimum atomic E-state index is 0.0638. The highest BCUT2D eigenvalue weighted by molar-refractivity contribution is 5.91. The highest BCUT2D eigenvalue weighted by Gasteiger charge is 2.33. The molecule has 1 atom stereocenters. The lowest BCUT2D eigenvalue weighted by Gasteiger charge is -2.37. The van der Waals surface area contributed by atoms with Gasteiger partial charge in [-0.1, -0.05) is 30.3 Å². The predicted molar refractivity (Wildman–Crippen MR) is 120 cm³/mol. The molecule has 0 aliphatic carbocycles. The van der Waals surface area contributed by atoms with E-state index in [1.165, 1.54) is 5.69 Å². The summed E-state index contributed by atoms with van der Waals surface area (Å²) >= 11 is 0. The molecule has 0 saturated carbocycles. The van der Waals surface area contributed by atoms with Gasteiger partial charge in [0.25, 0.3) is 0 Å². The van der Waals surface area contributed by atoms with Crippen LogP contribution in [-0.4, -0.2) is 71.2 Å². The van der Waals surface area contributed by atoms with Crippen LogP contribution in [0.1, 0.15) is 25.1 Å². The fourth-order valence-electron chi connectivity index (χ4n) is 4.78. The molecule has 1 saturated heterocycles. The first-order valence-corrected chi connectivity index (χ1v) is 11.0. The van der Waals surface area contributed by atoms with Crippen molar-refractivity contribution in [3.8, 4) is 0 Å². The van der Waals surface area contributed by atoms with E-state index >= 15 is 0 Å². The van der Waals surface area contributed by atoms with E-state index in [0.717, 1.165) is 69.1 Å². The molecule has 0 bridgehead atoms. The van der Waals surface area contributed by atoms with E-state index in [1.807, 2.05) is 33.7 Å². The van der Waals surface area contributed by atoms with Crippen molar-refractivity contribution >= 4 is 22.8 Å². The summed E-state index contributed by atoms with van der Waals surface area (Å²) in [5.41, 5.74) is 3.16. The Bertz CT molecular complexity index is 1020. The van der Waals surface area contributed by atoms with E-state index in [4.69, 9.17) is 4.98 Å². The molecule has 3 aromatic rings. The molecule has 1 amide bonds. The summed E-state index contributed by atoms with van der Waals surface area (Å²) in [6.45, 7) is 8.88. The van der Waals surface area contributed by atoms with Gasteiger partial charge in [0.15, 0.2) is 0 Å². The van der Waals surface area contributed by atoms with Gasteiger partial charge in [-0.2, -0.15) is 0 Å². The number of imidazole rings is 1. The number of hydrogen-bond acceptors (Lipinski definition) is 4. The van der Waals surface area contributed by atoms with Crippen LogP contribution in [-0.2, 0) is 0 Å². The van der Waals surface area contributed by atoms with Gasteiger partial charge < -0.3 is 9.80 Å². The van der Waals surface area contributed by atoms with Gasteiger partial charge in [0.1, 0.15) is 5.82 Å². The van der Waals surface area contributed by atoms with Gasteiger partial charge in [-0.05, 0) is 44.2 Å².